The highest BCUT2D eigenvalue weighted by Gasteiger charge is 2.15. The second-order valence-corrected chi connectivity index (χ2v) is 11.5. The molecule has 7 aromatic carbocycles. The van der Waals surface area contributed by atoms with Crippen LogP contribution < -0.4 is 0 Å². The van der Waals surface area contributed by atoms with Crippen molar-refractivity contribution in [2.45, 2.75) is 0 Å². The minimum absolute atomic E-state index is 1.00. The summed E-state index contributed by atoms with van der Waals surface area (Å²) in [5, 5.41) is 11.5. The van der Waals surface area contributed by atoms with Crippen LogP contribution in [0.1, 0.15) is 0 Å². The molecule has 0 aliphatic carbocycles. The summed E-state index contributed by atoms with van der Waals surface area (Å²) in [6, 6.07) is 46.5. The van der Waals surface area contributed by atoms with E-state index in [0.29, 0.717) is 0 Å². The predicted octanol–water partition coefficient (Wildman–Crippen LogP) is 10.8. The maximum atomic E-state index is 5.12. The van der Waals surface area contributed by atoms with Crippen LogP contribution in [0.25, 0.3) is 85.8 Å². The number of hydrogen-bond acceptors (Lipinski definition) is 2. The largest absolute Gasteiger partial charge is 0.247 e. The van der Waals surface area contributed by atoms with Crippen LogP contribution in [0.3, 0.4) is 0 Å². The van der Waals surface area contributed by atoms with Gasteiger partial charge < -0.3 is 0 Å². The van der Waals surface area contributed by atoms with Crippen molar-refractivity contribution < 1.29 is 0 Å². The Hall–Kier alpha value is -4.79. The van der Waals surface area contributed by atoms with Crippen LogP contribution in [0.2, 0.25) is 0 Å². The second-order valence-electron chi connectivity index (χ2n) is 10.4. The molecule has 0 spiro atoms. The topological polar surface area (TPSA) is 12.9 Å². The van der Waals surface area contributed by atoms with Gasteiger partial charge in [-0.3, -0.25) is 0 Å². The van der Waals surface area contributed by atoms with Gasteiger partial charge in [0.05, 0.1) is 11.2 Å². The maximum Gasteiger partial charge on any atom is 0.0787 e. The second kappa shape index (κ2) is 7.86. The number of fused-ring (bicyclic) bond motifs is 4. The zero-order valence-electron chi connectivity index (χ0n) is 21.0. The van der Waals surface area contributed by atoms with E-state index in [2.05, 4.69) is 127 Å². The number of aromatic nitrogens is 1. The molecule has 2 heterocycles. The molecule has 0 amide bonds. The van der Waals surface area contributed by atoms with E-state index in [9.17, 15) is 0 Å². The van der Waals surface area contributed by atoms with Gasteiger partial charge in [-0.1, -0.05) is 97.1 Å². The highest BCUT2D eigenvalue weighted by atomic mass is 32.1. The molecule has 0 fully saturated rings. The fourth-order valence-corrected chi connectivity index (χ4v) is 7.45. The summed E-state index contributed by atoms with van der Waals surface area (Å²) < 4.78 is 2.73. The van der Waals surface area contributed by atoms with E-state index in [1.165, 1.54) is 69.0 Å². The van der Waals surface area contributed by atoms with Gasteiger partial charge in [0, 0.05) is 36.5 Å². The van der Waals surface area contributed by atoms with E-state index >= 15 is 0 Å². The first-order valence-corrected chi connectivity index (χ1v) is 14.1. The highest BCUT2D eigenvalue weighted by Crippen LogP contribution is 2.44. The van der Waals surface area contributed by atoms with Gasteiger partial charge in [-0.2, -0.15) is 0 Å². The Labute approximate surface area is 228 Å². The molecular weight excluding hydrogens is 490 g/mol. The first-order valence-electron chi connectivity index (χ1n) is 13.3. The molecule has 9 aromatic rings. The average molecular weight is 512 g/mol. The van der Waals surface area contributed by atoms with Crippen molar-refractivity contribution in [1.29, 1.82) is 0 Å². The molecular formula is C37H21NS. The lowest BCUT2D eigenvalue weighted by molar-refractivity contribution is 1.42. The van der Waals surface area contributed by atoms with E-state index < -0.39 is 0 Å². The molecule has 39 heavy (non-hydrogen) atoms. The zero-order valence-corrected chi connectivity index (χ0v) is 21.8. The fourth-order valence-electron chi connectivity index (χ4n) is 6.29. The number of nitrogens with zero attached hydrogens (tertiary/aromatic N) is 1. The summed E-state index contributed by atoms with van der Waals surface area (Å²) in [7, 11) is 0. The van der Waals surface area contributed by atoms with Crippen molar-refractivity contribution in [2.75, 3.05) is 0 Å². The quantitative estimate of drug-likeness (QED) is 0.210. The van der Waals surface area contributed by atoms with E-state index in [4.69, 9.17) is 4.98 Å². The SMILES string of the molecule is c1ccc2c(c1)ccc1ccc(-c3ccc4cc(-c5ccc6sc7cccc8ccc5c6c87)ccc4c3)nc12. The van der Waals surface area contributed by atoms with Crippen LogP contribution in [0.4, 0.5) is 0 Å². The van der Waals surface area contributed by atoms with Gasteiger partial charge in [-0.25, -0.2) is 4.98 Å². The maximum absolute atomic E-state index is 5.12. The Morgan fingerprint density at radius 1 is 0.436 bits per heavy atom. The van der Waals surface area contributed by atoms with Gasteiger partial charge in [-0.15, -0.1) is 11.3 Å². The lowest BCUT2D eigenvalue weighted by atomic mass is 9.93. The molecule has 0 radical (unpaired) electrons. The lowest BCUT2D eigenvalue weighted by Gasteiger charge is -2.11. The van der Waals surface area contributed by atoms with E-state index in [1.807, 2.05) is 11.3 Å². The van der Waals surface area contributed by atoms with Crippen molar-refractivity contribution in [3.8, 4) is 22.4 Å². The predicted molar refractivity (Wildman–Crippen MR) is 169 cm³/mol. The molecule has 0 saturated carbocycles. The van der Waals surface area contributed by atoms with Crippen molar-refractivity contribution in [2.24, 2.45) is 0 Å². The van der Waals surface area contributed by atoms with E-state index in [0.717, 1.165) is 16.8 Å². The Morgan fingerprint density at radius 3 is 2.10 bits per heavy atom. The highest BCUT2D eigenvalue weighted by molar-refractivity contribution is 7.26. The Kier molecular flexibility index (Phi) is 4.27. The lowest BCUT2D eigenvalue weighted by Crippen LogP contribution is -1.88. The number of rotatable bonds is 2. The van der Waals surface area contributed by atoms with Gasteiger partial charge in [0.25, 0.3) is 0 Å². The smallest absolute Gasteiger partial charge is 0.0787 e. The summed E-state index contributed by atoms with van der Waals surface area (Å²) in [5.41, 5.74) is 5.75. The van der Waals surface area contributed by atoms with E-state index in [1.54, 1.807) is 0 Å². The Morgan fingerprint density at radius 2 is 1.15 bits per heavy atom. The van der Waals surface area contributed by atoms with Gasteiger partial charge in [0.1, 0.15) is 0 Å². The molecule has 0 bridgehead atoms. The number of thiophene rings is 1. The Bertz CT molecular complexity index is 2390. The van der Waals surface area contributed by atoms with Crippen molar-refractivity contribution in [3.63, 3.8) is 0 Å². The summed E-state index contributed by atoms with van der Waals surface area (Å²) in [6.45, 7) is 0. The van der Waals surface area contributed by atoms with Crippen LogP contribution in [0.15, 0.2) is 127 Å². The first-order chi connectivity index (χ1) is 19.3. The third-order valence-electron chi connectivity index (χ3n) is 8.20. The van der Waals surface area contributed by atoms with Crippen molar-refractivity contribution in [3.05, 3.63) is 127 Å². The molecule has 9 rings (SSSR count). The number of hydrogen-bond donors (Lipinski definition) is 0. The minimum atomic E-state index is 1.00. The van der Waals surface area contributed by atoms with Gasteiger partial charge in [0.2, 0.25) is 0 Å². The third-order valence-corrected chi connectivity index (χ3v) is 9.32. The normalized spacial score (nSPS) is 12.1. The first kappa shape index (κ1) is 21.2. The van der Waals surface area contributed by atoms with Crippen LogP contribution in [-0.2, 0) is 0 Å². The Balaban J connectivity index is 1.17. The summed E-state index contributed by atoms with van der Waals surface area (Å²) in [4.78, 5) is 5.12. The third kappa shape index (κ3) is 3.10. The number of pyridine rings is 1. The van der Waals surface area contributed by atoms with Crippen molar-refractivity contribution >= 4 is 74.7 Å². The van der Waals surface area contributed by atoms with E-state index in [-0.39, 0.29) is 0 Å². The molecule has 2 heteroatoms. The fraction of sp³-hybridized carbons (Fsp3) is 0. The summed E-state index contributed by atoms with van der Waals surface area (Å²) in [6.07, 6.45) is 0. The molecule has 1 nitrogen and oxygen atoms in total. The standard InChI is InChI=1S/C37H21NS/c1-2-6-30-22(4-1)8-9-24-15-18-32(38-37(24)30)28-13-11-25-20-27(12-10-26(25)21-28)29-17-19-34-36-31(29)16-14-23-5-3-7-33(39-34)35(23)36/h1-21H. The molecule has 0 atom stereocenters. The van der Waals surface area contributed by atoms with Gasteiger partial charge in [-0.05, 0) is 68.4 Å². The minimum Gasteiger partial charge on any atom is -0.247 e. The monoisotopic (exact) mass is 511 g/mol. The van der Waals surface area contributed by atoms with Gasteiger partial charge in [0.15, 0.2) is 0 Å². The van der Waals surface area contributed by atoms with Crippen LogP contribution >= 0.6 is 11.3 Å². The molecule has 0 unspecified atom stereocenters. The molecule has 0 aliphatic rings. The average Bonchev–Trinajstić information content (AvgIpc) is 3.39. The van der Waals surface area contributed by atoms with Crippen LogP contribution in [0, 0.1) is 0 Å². The van der Waals surface area contributed by atoms with Crippen LogP contribution in [-0.4, -0.2) is 4.98 Å². The van der Waals surface area contributed by atoms with Crippen LogP contribution in [0.5, 0.6) is 0 Å². The van der Waals surface area contributed by atoms with Gasteiger partial charge >= 0.3 is 0 Å². The molecule has 0 aliphatic heterocycles. The molecule has 180 valence electrons. The summed E-state index contributed by atoms with van der Waals surface area (Å²) >= 11 is 1.89. The molecule has 2 aromatic heterocycles. The molecule has 0 N–H and O–H groups in total. The number of benzene rings is 7. The molecule has 0 saturated heterocycles. The summed E-state index contributed by atoms with van der Waals surface area (Å²) in [5.74, 6) is 0. The van der Waals surface area contributed by atoms with Crippen molar-refractivity contribution in [1.82, 2.24) is 4.98 Å². The zero-order chi connectivity index (χ0) is 25.5.